The van der Waals surface area contributed by atoms with E-state index in [-0.39, 0.29) is 29.9 Å². The standard InChI is InChI=1S/C27H34ClN3O5Si/c1-17-25(37(2,3)35)23(9-12-32)36-27(17)21-14-19(28)7-8-22(21)31(26(27)34)16-18-5-4-6-20(13-18)30-11-10-29-15-24(30)33/h4-8,13-14,17,23,25,29,32,35H,9-12,15-16H2,1-3H3/t17-,23+,25-,27+/m1/s1. The Morgan fingerprint density at radius 1 is 1.22 bits per heavy atom. The monoisotopic (exact) mass is 543 g/mol. The largest absolute Gasteiger partial charge is 0.432 e. The van der Waals surface area contributed by atoms with E-state index in [1.165, 1.54) is 0 Å². The van der Waals surface area contributed by atoms with Crippen molar-refractivity contribution in [2.24, 2.45) is 5.92 Å². The molecule has 2 saturated heterocycles. The van der Waals surface area contributed by atoms with E-state index in [4.69, 9.17) is 16.3 Å². The molecule has 37 heavy (non-hydrogen) atoms. The minimum atomic E-state index is -2.76. The molecule has 0 unspecified atom stereocenters. The highest BCUT2D eigenvalue weighted by molar-refractivity contribution is 6.71. The second kappa shape index (κ2) is 9.80. The molecule has 0 bridgehead atoms. The van der Waals surface area contributed by atoms with Gasteiger partial charge < -0.3 is 29.8 Å². The highest BCUT2D eigenvalue weighted by Crippen LogP contribution is 2.60. The molecule has 4 atom stereocenters. The molecule has 3 aliphatic heterocycles. The smallest absolute Gasteiger partial charge is 0.264 e. The van der Waals surface area contributed by atoms with Crippen LogP contribution in [0.2, 0.25) is 23.7 Å². The van der Waals surface area contributed by atoms with Crippen molar-refractivity contribution in [3.05, 3.63) is 58.6 Å². The summed E-state index contributed by atoms with van der Waals surface area (Å²) in [7, 11) is -2.76. The van der Waals surface area contributed by atoms with Gasteiger partial charge in [-0.2, -0.15) is 0 Å². The van der Waals surface area contributed by atoms with Gasteiger partial charge in [0, 0.05) is 47.4 Å². The maximum Gasteiger partial charge on any atom is 0.264 e. The normalized spacial score (nSPS) is 27.9. The van der Waals surface area contributed by atoms with Gasteiger partial charge in [-0.15, -0.1) is 0 Å². The summed E-state index contributed by atoms with van der Waals surface area (Å²) in [4.78, 5) is 41.4. The molecule has 198 valence electrons. The van der Waals surface area contributed by atoms with Crippen LogP contribution in [0.15, 0.2) is 42.5 Å². The second-order valence-electron chi connectivity index (χ2n) is 10.8. The minimum Gasteiger partial charge on any atom is -0.432 e. The van der Waals surface area contributed by atoms with Crippen molar-refractivity contribution >= 4 is 43.1 Å². The van der Waals surface area contributed by atoms with E-state index in [2.05, 4.69) is 5.32 Å². The van der Waals surface area contributed by atoms with Crippen LogP contribution < -0.4 is 15.1 Å². The lowest BCUT2D eigenvalue weighted by atomic mass is 9.82. The van der Waals surface area contributed by atoms with E-state index < -0.39 is 20.0 Å². The van der Waals surface area contributed by atoms with Gasteiger partial charge in [-0.1, -0.05) is 30.7 Å². The van der Waals surface area contributed by atoms with Crippen LogP contribution in [0.1, 0.15) is 24.5 Å². The molecule has 3 heterocycles. The molecular weight excluding hydrogens is 510 g/mol. The molecule has 2 aromatic rings. The molecule has 2 aromatic carbocycles. The fourth-order valence-corrected chi connectivity index (χ4v) is 9.26. The maximum absolute atomic E-state index is 14.3. The summed E-state index contributed by atoms with van der Waals surface area (Å²) in [5, 5.41) is 13.3. The van der Waals surface area contributed by atoms with Crippen molar-refractivity contribution in [1.82, 2.24) is 5.32 Å². The first kappa shape index (κ1) is 26.3. The number of hydrogen-bond donors (Lipinski definition) is 3. The predicted octanol–water partition coefficient (Wildman–Crippen LogP) is 3.00. The predicted molar refractivity (Wildman–Crippen MR) is 145 cm³/mol. The number of ether oxygens (including phenoxy) is 1. The van der Waals surface area contributed by atoms with Crippen molar-refractivity contribution in [2.45, 2.75) is 50.2 Å². The summed E-state index contributed by atoms with van der Waals surface area (Å²) in [6.07, 6.45) is -0.0954. The Balaban J connectivity index is 1.53. The van der Waals surface area contributed by atoms with Gasteiger partial charge in [-0.05, 0) is 55.4 Å². The SMILES string of the molecule is C[C@@H]1[C@@H]([Si](C)(C)O)[C@H](CCO)O[C@@]12C(=O)N(Cc1cccc(N3CCNCC3=O)c1)c1ccc(Cl)cc12. The minimum absolute atomic E-state index is 0.0181. The van der Waals surface area contributed by atoms with Crippen LogP contribution in [0.25, 0.3) is 0 Å². The first-order chi connectivity index (χ1) is 17.6. The van der Waals surface area contributed by atoms with E-state index in [1.807, 2.05) is 50.3 Å². The Kier molecular flexibility index (Phi) is 6.97. The lowest BCUT2D eigenvalue weighted by Crippen LogP contribution is -2.48. The summed E-state index contributed by atoms with van der Waals surface area (Å²) in [5.74, 6) is -0.482. The van der Waals surface area contributed by atoms with Crippen molar-refractivity contribution in [3.8, 4) is 0 Å². The van der Waals surface area contributed by atoms with Gasteiger partial charge in [0.1, 0.15) is 0 Å². The molecule has 1 spiro atoms. The van der Waals surface area contributed by atoms with E-state index in [0.717, 1.165) is 23.5 Å². The number of halogens is 1. The number of aliphatic hydroxyl groups is 1. The lowest BCUT2D eigenvalue weighted by Gasteiger charge is -2.32. The van der Waals surface area contributed by atoms with Gasteiger partial charge in [0.05, 0.1) is 24.9 Å². The number of rotatable bonds is 6. The molecule has 5 rings (SSSR count). The van der Waals surface area contributed by atoms with Gasteiger partial charge in [0.25, 0.3) is 5.91 Å². The third-order valence-corrected chi connectivity index (χ3v) is 10.8. The highest BCUT2D eigenvalue weighted by Gasteiger charge is 2.66. The topological polar surface area (TPSA) is 102 Å². The van der Waals surface area contributed by atoms with E-state index in [0.29, 0.717) is 36.6 Å². The average Bonchev–Trinajstić information content (AvgIpc) is 3.26. The molecule has 0 aromatic heterocycles. The molecule has 2 fully saturated rings. The van der Waals surface area contributed by atoms with E-state index in [1.54, 1.807) is 21.9 Å². The molecule has 0 saturated carbocycles. The number of hydrogen-bond acceptors (Lipinski definition) is 6. The van der Waals surface area contributed by atoms with E-state index >= 15 is 0 Å². The number of piperazine rings is 1. The third kappa shape index (κ3) is 4.41. The fraction of sp³-hybridized carbons (Fsp3) is 0.481. The molecule has 3 N–H and O–H groups in total. The van der Waals surface area contributed by atoms with Crippen LogP contribution in [0, 0.1) is 5.92 Å². The van der Waals surface area contributed by atoms with Gasteiger partial charge >= 0.3 is 0 Å². The Morgan fingerprint density at radius 3 is 2.70 bits per heavy atom. The molecule has 10 heteroatoms. The number of nitrogens with zero attached hydrogens (tertiary/aromatic N) is 2. The van der Waals surface area contributed by atoms with Crippen LogP contribution in [0.4, 0.5) is 11.4 Å². The van der Waals surface area contributed by atoms with Crippen LogP contribution >= 0.6 is 11.6 Å². The van der Waals surface area contributed by atoms with Crippen molar-refractivity contribution in [1.29, 1.82) is 0 Å². The van der Waals surface area contributed by atoms with Gasteiger partial charge in [0.2, 0.25) is 5.91 Å². The Labute approximate surface area is 223 Å². The first-order valence-electron chi connectivity index (χ1n) is 12.8. The number of nitrogens with one attached hydrogen (secondary N) is 1. The Bertz CT molecular complexity index is 1220. The summed E-state index contributed by atoms with van der Waals surface area (Å²) >= 11 is 6.42. The number of anilines is 2. The van der Waals surface area contributed by atoms with E-state index in [9.17, 15) is 19.5 Å². The summed E-state index contributed by atoms with van der Waals surface area (Å²) in [6, 6.07) is 13.1. The van der Waals surface area contributed by atoms with Crippen LogP contribution in [0.3, 0.4) is 0 Å². The number of fused-ring (bicyclic) bond motifs is 2. The number of benzene rings is 2. The zero-order chi connectivity index (χ0) is 26.5. The van der Waals surface area contributed by atoms with Crippen molar-refractivity contribution in [3.63, 3.8) is 0 Å². The molecular formula is C27H34ClN3O5Si. The summed E-state index contributed by atoms with van der Waals surface area (Å²) in [5.41, 5.74) is 1.60. The van der Waals surface area contributed by atoms with Crippen LogP contribution in [-0.2, 0) is 26.5 Å². The quantitative estimate of drug-likeness (QED) is 0.484. The average molecular weight is 544 g/mol. The van der Waals surface area contributed by atoms with Gasteiger partial charge in [-0.3, -0.25) is 9.59 Å². The van der Waals surface area contributed by atoms with Crippen molar-refractivity contribution < 1.29 is 24.2 Å². The Morgan fingerprint density at radius 2 is 2.00 bits per heavy atom. The number of aliphatic hydroxyl groups excluding tert-OH is 1. The van der Waals surface area contributed by atoms with Gasteiger partial charge in [-0.25, -0.2) is 0 Å². The summed E-state index contributed by atoms with van der Waals surface area (Å²) in [6.45, 7) is 7.53. The third-order valence-electron chi connectivity index (χ3n) is 8.01. The second-order valence-corrected chi connectivity index (χ2v) is 15.2. The summed E-state index contributed by atoms with van der Waals surface area (Å²) < 4.78 is 6.60. The van der Waals surface area contributed by atoms with Crippen molar-refractivity contribution in [2.75, 3.05) is 36.0 Å². The lowest BCUT2D eigenvalue weighted by molar-refractivity contribution is -0.146. The molecule has 0 aliphatic carbocycles. The number of amides is 2. The van der Waals surface area contributed by atoms with Crippen LogP contribution in [0.5, 0.6) is 0 Å². The first-order valence-corrected chi connectivity index (χ1v) is 16.2. The number of carbonyl (C=O) groups excluding carboxylic acids is 2. The Hall–Kier alpha value is -2.27. The zero-order valence-electron chi connectivity index (χ0n) is 21.4. The highest BCUT2D eigenvalue weighted by atomic mass is 35.5. The molecule has 3 aliphatic rings. The fourth-order valence-electron chi connectivity index (χ4n) is 6.49. The molecule has 2 amide bonds. The number of carbonyl (C=O) groups is 2. The van der Waals surface area contributed by atoms with Gasteiger partial charge in [0.15, 0.2) is 13.9 Å². The molecule has 8 nitrogen and oxygen atoms in total. The zero-order valence-corrected chi connectivity index (χ0v) is 23.2. The van der Waals surface area contributed by atoms with Crippen LogP contribution in [-0.4, -0.2) is 62.4 Å². The maximum atomic E-state index is 14.3. The molecule has 0 radical (unpaired) electrons.